The normalized spacial score (nSPS) is 11.2. The second-order valence-corrected chi connectivity index (χ2v) is 5.38. The first kappa shape index (κ1) is 10.8. The molecule has 0 spiro atoms. The monoisotopic (exact) mass is 262 g/mol. The van der Waals surface area contributed by atoms with Crippen molar-refractivity contribution >= 4 is 28.5 Å². The van der Waals surface area contributed by atoms with Crippen molar-refractivity contribution in [2.75, 3.05) is 0 Å². The third-order valence-corrected chi connectivity index (χ3v) is 3.95. The summed E-state index contributed by atoms with van der Waals surface area (Å²) < 4.78 is 2.08. The summed E-state index contributed by atoms with van der Waals surface area (Å²) in [6.07, 6.45) is 2.85. The van der Waals surface area contributed by atoms with E-state index in [1.54, 1.807) is 11.3 Å². The number of halogens is 1. The van der Waals surface area contributed by atoms with Crippen LogP contribution in [0.4, 0.5) is 0 Å². The van der Waals surface area contributed by atoms with E-state index in [4.69, 9.17) is 11.6 Å². The molecule has 0 saturated carbocycles. The van der Waals surface area contributed by atoms with E-state index in [1.807, 2.05) is 12.3 Å². The van der Waals surface area contributed by atoms with Gasteiger partial charge in [-0.2, -0.15) is 0 Å². The molecule has 4 heteroatoms. The molecule has 3 aromatic heterocycles. The Labute approximate surface area is 108 Å². The molecule has 0 saturated heterocycles. The number of nitrogens with zero attached hydrogens (tertiary/aromatic N) is 2. The fourth-order valence-electron chi connectivity index (χ4n) is 2.01. The summed E-state index contributed by atoms with van der Waals surface area (Å²) in [7, 11) is 0. The molecule has 0 N–H and O–H groups in total. The van der Waals surface area contributed by atoms with E-state index in [0.717, 1.165) is 23.3 Å². The van der Waals surface area contributed by atoms with Gasteiger partial charge in [0.2, 0.25) is 0 Å². The van der Waals surface area contributed by atoms with Crippen molar-refractivity contribution in [1.82, 2.24) is 9.38 Å². The number of thiophene rings is 1. The summed E-state index contributed by atoms with van der Waals surface area (Å²) in [6, 6.07) is 8.26. The van der Waals surface area contributed by atoms with Crippen LogP contribution in [0.1, 0.15) is 16.3 Å². The number of hydrogen-bond donors (Lipinski definition) is 0. The maximum atomic E-state index is 6.19. The average molecular weight is 263 g/mol. The lowest BCUT2D eigenvalue weighted by molar-refractivity contribution is 0.971. The smallest absolute Gasteiger partial charge is 0.155 e. The number of pyridine rings is 1. The molecule has 0 aliphatic carbocycles. The van der Waals surface area contributed by atoms with Crippen molar-refractivity contribution in [2.24, 2.45) is 0 Å². The zero-order valence-electron chi connectivity index (χ0n) is 9.35. The number of aromatic nitrogens is 2. The fourth-order valence-corrected chi connectivity index (χ4v) is 3.05. The van der Waals surface area contributed by atoms with Crippen LogP contribution in [0.15, 0.2) is 35.8 Å². The van der Waals surface area contributed by atoms with Crippen LogP contribution in [0.25, 0.3) is 5.52 Å². The predicted molar refractivity (Wildman–Crippen MR) is 72.1 cm³/mol. The van der Waals surface area contributed by atoms with Crippen LogP contribution in [0, 0.1) is 6.92 Å². The molecule has 3 heterocycles. The van der Waals surface area contributed by atoms with E-state index in [9.17, 15) is 0 Å². The number of hydrogen-bond acceptors (Lipinski definition) is 2. The minimum absolute atomic E-state index is 0.592. The third-order valence-electron chi connectivity index (χ3n) is 2.81. The first-order chi connectivity index (χ1) is 8.25. The topological polar surface area (TPSA) is 17.3 Å². The van der Waals surface area contributed by atoms with Gasteiger partial charge in [0.25, 0.3) is 0 Å². The van der Waals surface area contributed by atoms with Crippen LogP contribution in [-0.4, -0.2) is 9.38 Å². The first-order valence-corrected chi connectivity index (χ1v) is 6.66. The molecule has 0 aromatic carbocycles. The van der Waals surface area contributed by atoms with E-state index in [-0.39, 0.29) is 0 Å². The average Bonchev–Trinajstić information content (AvgIpc) is 2.90. The van der Waals surface area contributed by atoms with Gasteiger partial charge in [-0.1, -0.05) is 23.7 Å². The molecule has 0 fully saturated rings. The summed E-state index contributed by atoms with van der Waals surface area (Å²) in [5.74, 6) is 0.996. The van der Waals surface area contributed by atoms with Gasteiger partial charge in [0.15, 0.2) is 5.15 Å². The molecule has 0 bridgehead atoms. The predicted octanol–water partition coefficient (Wildman–Crippen LogP) is 3.95. The van der Waals surface area contributed by atoms with Gasteiger partial charge < -0.3 is 4.40 Å². The zero-order valence-corrected chi connectivity index (χ0v) is 10.9. The van der Waals surface area contributed by atoms with Gasteiger partial charge in [0.1, 0.15) is 5.82 Å². The van der Waals surface area contributed by atoms with Crippen molar-refractivity contribution in [3.63, 3.8) is 0 Å². The Hall–Kier alpha value is -1.32. The molecule has 0 aliphatic rings. The highest BCUT2D eigenvalue weighted by atomic mass is 35.5. The molecule has 0 unspecified atom stereocenters. The summed E-state index contributed by atoms with van der Waals surface area (Å²) >= 11 is 7.94. The van der Waals surface area contributed by atoms with Crippen molar-refractivity contribution in [3.8, 4) is 0 Å². The highest BCUT2D eigenvalue weighted by Crippen LogP contribution is 2.23. The Bertz CT molecular complexity index is 655. The number of rotatable bonds is 2. The lowest BCUT2D eigenvalue weighted by Crippen LogP contribution is -1.95. The van der Waals surface area contributed by atoms with E-state index in [1.165, 1.54) is 4.88 Å². The van der Waals surface area contributed by atoms with Crippen molar-refractivity contribution < 1.29 is 0 Å². The van der Waals surface area contributed by atoms with Crippen LogP contribution < -0.4 is 0 Å². The minimum Gasteiger partial charge on any atom is -0.302 e. The Morgan fingerprint density at radius 1 is 1.35 bits per heavy atom. The van der Waals surface area contributed by atoms with Crippen molar-refractivity contribution in [3.05, 3.63) is 57.3 Å². The molecule has 0 radical (unpaired) electrons. The highest BCUT2D eigenvalue weighted by molar-refractivity contribution is 7.09. The van der Waals surface area contributed by atoms with E-state index < -0.39 is 0 Å². The summed E-state index contributed by atoms with van der Waals surface area (Å²) in [5, 5.41) is 2.67. The second-order valence-electron chi connectivity index (χ2n) is 3.98. The maximum absolute atomic E-state index is 6.19. The Balaban J connectivity index is 2.15. The molecule has 3 rings (SSSR count). The molecule has 2 nitrogen and oxygen atoms in total. The summed E-state index contributed by atoms with van der Waals surface area (Å²) in [4.78, 5) is 5.76. The standard InChI is InChI=1S/C13H11ClN2S/c1-9-4-2-6-16-11(15-13(14)12(9)16)8-10-5-3-7-17-10/h2-7H,8H2,1H3. The lowest BCUT2D eigenvalue weighted by Gasteiger charge is -2.01. The van der Waals surface area contributed by atoms with Crippen LogP contribution >= 0.6 is 22.9 Å². The number of imidazole rings is 1. The van der Waals surface area contributed by atoms with Crippen molar-refractivity contribution in [1.29, 1.82) is 0 Å². The van der Waals surface area contributed by atoms with Gasteiger partial charge in [-0.05, 0) is 30.0 Å². The number of aryl methyl sites for hydroxylation is 1. The van der Waals surface area contributed by atoms with Crippen molar-refractivity contribution in [2.45, 2.75) is 13.3 Å². The van der Waals surface area contributed by atoms with E-state index in [2.05, 4.69) is 39.9 Å². The molecular weight excluding hydrogens is 252 g/mol. The van der Waals surface area contributed by atoms with Crippen LogP contribution in [0.3, 0.4) is 0 Å². The quantitative estimate of drug-likeness (QED) is 0.684. The van der Waals surface area contributed by atoms with Gasteiger partial charge in [0.05, 0.1) is 5.52 Å². The molecular formula is C13H11ClN2S. The number of fused-ring (bicyclic) bond motifs is 1. The van der Waals surface area contributed by atoms with Gasteiger partial charge in [-0.3, -0.25) is 0 Å². The maximum Gasteiger partial charge on any atom is 0.155 e. The largest absolute Gasteiger partial charge is 0.302 e. The Morgan fingerprint density at radius 2 is 2.24 bits per heavy atom. The van der Waals surface area contributed by atoms with Gasteiger partial charge in [-0.25, -0.2) is 4.98 Å². The second kappa shape index (κ2) is 4.17. The zero-order chi connectivity index (χ0) is 11.8. The lowest BCUT2D eigenvalue weighted by atomic mass is 10.2. The van der Waals surface area contributed by atoms with E-state index >= 15 is 0 Å². The highest BCUT2D eigenvalue weighted by Gasteiger charge is 2.11. The Morgan fingerprint density at radius 3 is 3.00 bits per heavy atom. The molecule has 0 atom stereocenters. The first-order valence-electron chi connectivity index (χ1n) is 5.40. The molecule has 0 aliphatic heterocycles. The molecule has 17 heavy (non-hydrogen) atoms. The summed E-state index contributed by atoms with van der Waals surface area (Å²) in [6.45, 7) is 2.05. The summed E-state index contributed by atoms with van der Waals surface area (Å²) in [5.41, 5.74) is 2.17. The molecule has 3 aromatic rings. The SMILES string of the molecule is Cc1cccn2c(Cc3cccs3)nc(Cl)c12. The van der Waals surface area contributed by atoms with Crippen LogP contribution in [0.2, 0.25) is 5.15 Å². The molecule has 86 valence electrons. The van der Waals surface area contributed by atoms with Crippen LogP contribution in [0.5, 0.6) is 0 Å². The Kier molecular flexibility index (Phi) is 2.65. The van der Waals surface area contributed by atoms with Gasteiger partial charge >= 0.3 is 0 Å². The third kappa shape index (κ3) is 1.85. The minimum atomic E-state index is 0.592. The van der Waals surface area contributed by atoms with Gasteiger partial charge in [0, 0.05) is 17.5 Å². The van der Waals surface area contributed by atoms with Gasteiger partial charge in [-0.15, -0.1) is 11.3 Å². The van der Waals surface area contributed by atoms with E-state index in [0.29, 0.717) is 5.15 Å². The van der Waals surface area contributed by atoms with Crippen LogP contribution in [-0.2, 0) is 6.42 Å². The molecule has 0 amide bonds. The fraction of sp³-hybridized carbons (Fsp3) is 0.154.